The third-order valence-corrected chi connectivity index (χ3v) is 3.06. The van der Waals surface area contributed by atoms with Crippen molar-refractivity contribution in [2.75, 3.05) is 13.1 Å². The second kappa shape index (κ2) is 5.64. The molecule has 0 fully saturated rings. The molecular formula is C14H17NO2. The normalized spacial score (nSPS) is 16.7. The van der Waals surface area contributed by atoms with E-state index in [-0.39, 0.29) is 0 Å². The Kier molecular flexibility index (Phi) is 3.94. The van der Waals surface area contributed by atoms with Crippen LogP contribution in [0.2, 0.25) is 0 Å². The van der Waals surface area contributed by atoms with Crippen molar-refractivity contribution >= 4 is 5.97 Å². The Balaban J connectivity index is 2.01. The van der Waals surface area contributed by atoms with Crippen molar-refractivity contribution in [3.63, 3.8) is 0 Å². The third kappa shape index (κ3) is 3.43. The molecule has 0 bridgehead atoms. The van der Waals surface area contributed by atoms with E-state index in [4.69, 9.17) is 5.11 Å². The van der Waals surface area contributed by atoms with E-state index in [0.717, 1.165) is 25.9 Å². The minimum atomic E-state index is -0.875. The molecule has 1 N–H and O–H groups in total. The topological polar surface area (TPSA) is 40.5 Å². The first-order valence-corrected chi connectivity index (χ1v) is 5.94. The number of carboxylic acids is 1. The lowest BCUT2D eigenvalue weighted by molar-refractivity contribution is -0.131. The number of fused-ring (bicyclic) bond motifs is 1. The average molecular weight is 231 g/mol. The van der Waals surface area contributed by atoms with Crippen LogP contribution in [0.1, 0.15) is 17.5 Å². The van der Waals surface area contributed by atoms with Crippen molar-refractivity contribution in [1.82, 2.24) is 4.90 Å². The van der Waals surface area contributed by atoms with Gasteiger partial charge in [0, 0.05) is 19.2 Å². The molecule has 0 radical (unpaired) electrons. The van der Waals surface area contributed by atoms with E-state index in [2.05, 4.69) is 29.2 Å². The fourth-order valence-corrected chi connectivity index (χ4v) is 2.23. The summed E-state index contributed by atoms with van der Waals surface area (Å²) in [6.07, 6.45) is 5.19. The van der Waals surface area contributed by atoms with E-state index in [1.807, 2.05) is 0 Å². The molecule has 1 heterocycles. The van der Waals surface area contributed by atoms with Crippen LogP contribution in [0, 0.1) is 0 Å². The van der Waals surface area contributed by atoms with Crippen LogP contribution in [0.25, 0.3) is 0 Å². The third-order valence-electron chi connectivity index (χ3n) is 3.06. The highest BCUT2D eigenvalue weighted by Crippen LogP contribution is 2.17. The van der Waals surface area contributed by atoms with Crippen molar-refractivity contribution in [2.45, 2.75) is 19.4 Å². The molecule has 1 aliphatic rings. The monoisotopic (exact) mass is 231 g/mol. The van der Waals surface area contributed by atoms with Crippen molar-refractivity contribution in [2.24, 2.45) is 0 Å². The summed E-state index contributed by atoms with van der Waals surface area (Å²) in [7, 11) is 0. The quantitative estimate of drug-likeness (QED) is 0.810. The van der Waals surface area contributed by atoms with Gasteiger partial charge in [-0.25, -0.2) is 4.79 Å². The van der Waals surface area contributed by atoms with Gasteiger partial charge < -0.3 is 5.11 Å². The molecule has 1 aromatic carbocycles. The standard InChI is InChI=1S/C14H17NO2/c16-14(17)8-4-10-15-9-3-7-12-5-1-2-6-13(12)11-15/h1-2,4-6,8H,3,7,9-11H2,(H,16,17). The van der Waals surface area contributed by atoms with Crippen LogP contribution in [0.15, 0.2) is 36.4 Å². The molecule has 0 saturated carbocycles. The van der Waals surface area contributed by atoms with Gasteiger partial charge in [-0.1, -0.05) is 30.3 Å². The Hall–Kier alpha value is -1.61. The molecule has 0 aromatic heterocycles. The van der Waals surface area contributed by atoms with Gasteiger partial charge in [-0.05, 0) is 30.5 Å². The number of hydrogen-bond donors (Lipinski definition) is 1. The average Bonchev–Trinajstić information content (AvgIpc) is 2.50. The molecule has 90 valence electrons. The highest BCUT2D eigenvalue weighted by Gasteiger charge is 2.12. The van der Waals surface area contributed by atoms with Gasteiger partial charge in [0.05, 0.1) is 0 Å². The summed E-state index contributed by atoms with van der Waals surface area (Å²) < 4.78 is 0. The number of carbonyl (C=O) groups is 1. The maximum absolute atomic E-state index is 10.4. The summed E-state index contributed by atoms with van der Waals surface area (Å²) in [6, 6.07) is 8.49. The van der Waals surface area contributed by atoms with E-state index >= 15 is 0 Å². The Labute approximate surface area is 101 Å². The summed E-state index contributed by atoms with van der Waals surface area (Å²) in [5.74, 6) is -0.875. The maximum atomic E-state index is 10.4. The van der Waals surface area contributed by atoms with Crippen LogP contribution in [-0.4, -0.2) is 29.1 Å². The van der Waals surface area contributed by atoms with Gasteiger partial charge in [0.1, 0.15) is 0 Å². The Morgan fingerprint density at radius 3 is 2.88 bits per heavy atom. The van der Waals surface area contributed by atoms with Gasteiger partial charge in [-0.15, -0.1) is 0 Å². The van der Waals surface area contributed by atoms with E-state index in [9.17, 15) is 4.79 Å². The number of aliphatic carboxylic acids is 1. The summed E-state index contributed by atoms with van der Waals surface area (Å²) >= 11 is 0. The lowest BCUT2D eigenvalue weighted by atomic mass is 10.0. The van der Waals surface area contributed by atoms with Gasteiger partial charge in [-0.3, -0.25) is 4.90 Å². The predicted molar refractivity (Wildman–Crippen MR) is 66.8 cm³/mol. The molecule has 1 aromatic rings. The summed E-state index contributed by atoms with van der Waals surface area (Å²) in [6.45, 7) is 2.65. The number of nitrogens with zero attached hydrogens (tertiary/aromatic N) is 1. The number of carboxylic acid groups (broad SMARTS) is 1. The minimum absolute atomic E-state index is 0.709. The highest BCUT2D eigenvalue weighted by molar-refractivity contribution is 5.79. The zero-order chi connectivity index (χ0) is 12.1. The number of hydrogen-bond acceptors (Lipinski definition) is 2. The highest BCUT2D eigenvalue weighted by atomic mass is 16.4. The van der Waals surface area contributed by atoms with E-state index in [0.29, 0.717) is 6.54 Å². The van der Waals surface area contributed by atoms with Gasteiger partial charge in [0.15, 0.2) is 0 Å². The SMILES string of the molecule is O=C(O)C=CCN1CCCc2ccccc2C1. The van der Waals surface area contributed by atoms with E-state index in [1.54, 1.807) is 6.08 Å². The molecule has 0 unspecified atom stereocenters. The van der Waals surface area contributed by atoms with Gasteiger partial charge in [-0.2, -0.15) is 0 Å². The molecule has 0 atom stereocenters. The van der Waals surface area contributed by atoms with Crippen molar-refractivity contribution in [3.05, 3.63) is 47.5 Å². The van der Waals surface area contributed by atoms with Crippen LogP contribution in [0.4, 0.5) is 0 Å². The van der Waals surface area contributed by atoms with Gasteiger partial charge in [0.2, 0.25) is 0 Å². The molecule has 0 amide bonds. The first-order valence-electron chi connectivity index (χ1n) is 5.94. The first kappa shape index (κ1) is 11.9. The predicted octanol–water partition coefficient (Wildman–Crippen LogP) is 2.08. The van der Waals surface area contributed by atoms with Crippen LogP contribution in [0.5, 0.6) is 0 Å². The fourth-order valence-electron chi connectivity index (χ4n) is 2.23. The molecule has 0 saturated heterocycles. The largest absolute Gasteiger partial charge is 0.478 e. The molecular weight excluding hydrogens is 214 g/mol. The van der Waals surface area contributed by atoms with E-state index < -0.39 is 5.97 Å². The lowest BCUT2D eigenvalue weighted by Gasteiger charge is -2.18. The van der Waals surface area contributed by atoms with Crippen LogP contribution in [-0.2, 0) is 17.8 Å². The molecule has 0 aliphatic carbocycles. The number of aryl methyl sites for hydroxylation is 1. The molecule has 2 rings (SSSR count). The van der Waals surface area contributed by atoms with Crippen molar-refractivity contribution in [1.29, 1.82) is 0 Å². The fraction of sp³-hybridized carbons (Fsp3) is 0.357. The van der Waals surface area contributed by atoms with Crippen LogP contribution >= 0.6 is 0 Å². The Bertz CT molecular complexity index is 426. The second-order valence-electron chi connectivity index (χ2n) is 4.35. The maximum Gasteiger partial charge on any atom is 0.328 e. The van der Waals surface area contributed by atoms with Gasteiger partial charge >= 0.3 is 5.97 Å². The lowest BCUT2D eigenvalue weighted by Crippen LogP contribution is -2.23. The summed E-state index contributed by atoms with van der Waals surface area (Å²) in [5, 5.41) is 8.55. The number of benzene rings is 1. The zero-order valence-corrected chi connectivity index (χ0v) is 9.80. The van der Waals surface area contributed by atoms with Gasteiger partial charge in [0.25, 0.3) is 0 Å². The summed E-state index contributed by atoms with van der Waals surface area (Å²) in [5.41, 5.74) is 2.80. The first-order chi connectivity index (χ1) is 8.25. The smallest absolute Gasteiger partial charge is 0.328 e. The molecule has 0 spiro atoms. The van der Waals surface area contributed by atoms with Crippen molar-refractivity contribution < 1.29 is 9.90 Å². The number of rotatable bonds is 3. The second-order valence-corrected chi connectivity index (χ2v) is 4.35. The van der Waals surface area contributed by atoms with Crippen molar-refractivity contribution in [3.8, 4) is 0 Å². The summed E-state index contributed by atoms with van der Waals surface area (Å²) in [4.78, 5) is 12.7. The minimum Gasteiger partial charge on any atom is -0.478 e. The molecule has 1 aliphatic heterocycles. The molecule has 3 heteroatoms. The zero-order valence-electron chi connectivity index (χ0n) is 9.80. The van der Waals surface area contributed by atoms with E-state index in [1.165, 1.54) is 17.2 Å². The Morgan fingerprint density at radius 2 is 2.12 bits per heavy atom. The molecule has 3 nitrogen and oxygen atoms in total. The van der Waals surface area contributed by atoms with Crippen LogP contribution in [0.3, 0.4) is 0 Å². The Morgan fingerprint density at radius 1 is 1.35 bits per heavy atom. The molecule has 17 heavy (non-hydrogen) atoms. The van der Waals surface area contributed by atoms with Crippen LogP contribution < -0.4 is 0 Å².